The van der Waals surface area contributed by atoms with Crippen LogP contribution in [0.1, 0.15) is 43.6 Å². The molecule has 1 aliphatic carbocycles. The Morgan fingerprint density at radius 3 is 2.61 bits per heavy atom. The van der Waals surface area contributed by atoms with Crippen LogP contribution in [0.25, 0.3) is 0 Å². The van der Waals surface area contributed by atoms with Crippen LogP contribution in [0.4, 0.5) is 0 Å². The number of ether oxygens (including phenoxy) is 2. The summed E-state index contributed by atoms with van der Waals surface area (Å²) in [7, 11) is 3.37. The van der Waals surface area contributed by atoms with Gasteiger partial charge in [-0.2, -0.15) is 0 Å². The Bertz CT molecular complexity index is 389. The van der Waals surface area contributed by atoms with Crippen LogP contribution in [0.2, 0.25) is 0 Å². The van der Waals surface area contributed by atoms with Gasteiger partial charge in [-0.3, -0.25) is 0 Å². The van der Waals surface area contributed by atoms with Crippen molar-refractivity contribution >= 4 is 0 Å². The van der Waals surface area contributed by atoms with Gasteiger partial charge in [-0.05, 0) is 43.4 Å². The molecule has 18 heavy (non-hydrogen) atoms. The predicted octanol–water partition coefficient (Wildman–Crippen LogP) is 3.11. The molecular weight excluding hydrogens is 228 g/mol. The monoisotopic (exact) mass is 250 g/mol. The average molecular weight is 250 g/mol. The van der Waals surface area contributed by atoms with E-state index in [-0.39, 0.29) is 6.10 Å². The Kier molecular flexibility index (Phi) is 4.48. The Balaban J connectivity index is 2.28. The first-order chi connectivity index (χ1) is 8.74. The maximum absolute atomic E-state index is 9.94. The zero-order valence-corrected chi connectivity index (χ0v) is 11.2. The molecule has 2 atom stereocenters. The summed E-state index contributed by atoms with van der Waals surface area (Å²) >= 11 is 0. The normalized spacial score (nSPS) is 24.4. The van der Waals surface area contributed by atoms with E-state index < -0.39 is 0 Å². The molecule has 0 bridgehead atoms. The van der Waals surface area contributed by atoms with Crippen LogP contribution in [0.15, 0.2) is 18.2 Å². The molecule has 100 valence electrons. The summed E-state index contributed by atoms with van der Waals surface area (Å²) in [6.45, 7) is 0. The lowest BCUT2D eigenvalue weighted by molar-refractivity contribution is 0.151. The van der Waals surface area contributed by atoms with Crippen molar-refractivity contribution in [2.45, 2.75) is 44.1 Å². The van der Waals surface area contributed by atoms with Gasteiger partial charge in [-0.1, -0.05) is 12.8 Å². The second-order valence-corrected chi connectivity index (χ2v) is 4.98. The van der Waals surface area contributed by atoms with E-state index in [4.69, 9.17) is 9.47 Å². The Morgan fingerprint density at radius 2 is 1.89 bits per heavy atom. The van der Waals surface area contributed by atoms with Crippen molar-refractivity contribution in [3.8, 4) is 11.5 Å². The third-order valence-corrected chi connectivity index (χ3v) is 3.77. The van der Waals surface area contributed by atoms with E-state index in [2.05, 4.69) is 0 Å². The summed E-state index contributed by atoms with van der Waals surface area (Å²) < 4.78 is 10.7. The third kappa shape index (κ3) is 2.96. The van der Waals surface area contributed by atoms with Gasteiger partial charge in [0.1, 0.15) is 11.5 Å². The van der Waals surface area contributed by atoms with Crippen LogP contribution in [0, 0.1) is 0 Å². The predicted molar refractivity (Wildman–Crippen MR) is 71.4 cm³/mol. The van der Waals surface area contributed by atoms with Crippen molar-refractivity contribution in [3.63, 3.8) is 0 Å². The number of aliphatic hydroxyl groups is 1. The molecule has 1 N–H and O–H groups in total. The first-order valence-corrected chi connectivity index (χ1v) is 6.64. The van der Waals surface area contributed by atoms with Crippen molar-refractivity contribution in [1.82, 2.24) is 0 Å². The van der Waals surface area contributed by atoms with E-state index in [0.717, 1.165) is 42.7 Å². The summed E-state index contributed by atoms with van der Waals surface area (Å²) in [4.78, 5) is 0. The topological polar surface area (TPSA) is 38.7 Å². The van der Waals surface area contributed by atoms with Gasteiger partial charge in [0.15, 0.2) is 0 Å². The molecular formula is C15H22O3. The van der Waals surface area contributed by atoms with Crippen molar-refractivity contribution in [2.75, 3.05) is 14.2 Å². The molecule has 1 saturated carbocycles. The number of methoxy groups -OCH3 is 2. The molecule has 0 spiro atoms. The van der Waals surface area contributed by atoms with Gasteiger partial charge in [-0.25, -0.2) is 0 Å². The van der Waals surface area contributed by atoms with Gasteiger partial charge in [-0.15, -0.1) is 0 Å². The molecule has 0 amide bonds. The van der Waals surface area contributed by atoms with Crippen LogP contribution in [-0.2, 0) is 0 Å². The number of benzene rings is 1. The zero-order chi connectivity index (χ0) is 13.0. The first kappa shape index (κ1) is 13.2. The molecule has 1 aromatic carbocycles. The minimum atomic E-state index is -0.187. The maximum Gasteiger partial charge on any atom is 0.122 e. The second kappa shape index (κ2) is 6.10. The van der Waals surface area contributed by atoms with Gasteiger partial charge >= 0.3 is 0 Å². The zero-order valence-electron chi connectivity index (χ0n) is 11.2. The van der Waals surface area contributed by atoms with E-state index >= 15 is 0 Å². The van der Waals surface area contributed by atoms with Crippen LogP contribution in [-0.4, -0.2) is 25.4 Å². The Hall–Kier alpha value is -1.22. The van der Waals surface area contributed by atoms with Crippen molar-refractivity contribution in [2.24, 2.45) is 0 Å². The standard InChI is InChI=1S/C15H22O3/c1-17-13-7-8-15(18-2)14(10-13)11-5-3-4-6-12(16)9-11/h7-8,10-12,16H,3-6,9H2,1-2H3. The van der Waals surface area contributed by atoms with E-state index in [1.165, 1.54) is 6.42 Å². The highest BCUT2D eigenvalue weighted by molar-refractivity contribution is 5.42. The van der Waals surface area contributed by atoms with Crippen LogP contribution < -0.4 is 9.47 Å². The van der Waals surface area contributed by atoms with Gasteiger partial charge in [0, 0.05) is 5.56 Å². The molecule has 1 aliphatic rings. The first-order valence-electron chi connectivity index (χ1n) is 6.64. The fourth-order valence-corrected chi connectivity index (χ4v) is 2.78. The van der Waals surface area contributed by atoms with Gasteiger partial charge < -0.3 is 14.6 Å². The van der Waals surface area contributed by atoms with Crippen LogP contribution in [0.3, 0.4) is 0 Å². The number of rotatable bonds is 3. The molecule has 1 fully saturated rings. The summed E-state index contributed by atoms with van der Waals surface area (Å²) in [5.74, 6) is 2.12. The van der Waals surface area contributed by atoms with Crippen molar-refractivity contribution in [1.29, 1.82) is 0 Å². The molecule has 3 heteroatoms. The third-order valence-electron chi connectivity index (χ3n) is 3.77. The fourth-order valence-electron chi connectivity index (χ4n) is 2.78. The van der Waals surface area contributed by atoms with Crippen molar-refractivity contribution in [3.05, 3.63) is 23.8 Å². The molecule has 1 aromatic rings. The minimum Gasteiger partial charge on any atom is -0.497 e. The van der Waals surface area contributed by atoms with E-state index in [0.29, 0.717) is 5.92 Å². The molecule has 2 unspecified atom stereocenters. The number of aliphatic hydroxyl groups excluding tert-OH is 1. The summed E-state index contributed by atoms with van der Waals surface area (Å²) in [6.07, 6.45) is 4.95. The lowest BCUT2D eigenvalue weighted by Gasteiger charge is -2.20. The number of hydrogen-bond donors (Lipinski definition) is 1. The summed E-state index contributed by atoms with van der Waals surface area (Å²) in [5, 5.41) is 9.94. The van der Waals surface area contributed by atoms with Crippen LogP contribution in [0.5, 0.6) is 11.5 Å². The molecule has 0 radical (unpaired) electrons. The summed E-state index contributed by atoms with van der Waals surface area (Å²) in [6, 6.07) is 5.91. The molecule has 0 heterocycles. The highest BCUT2D eigenvalue weighted by atomic mass is 16.5. The average Bonchev–Trinajstić information content (AvgIpc) is 2.62. The SMILES string of the molecule is COc1ccc(OC)c(C2CCCCC(O)C2)c1. The fraction of sp³-hybridized carbons (Fsp3) is 0.600. The Morgan fingerprint density at radius 1 is 1.11 bits per heavy atom. The quantitative estimate of drug-likeness (QED) is 0.838. The second-order valence-electron chi connectivity index (χ2n) is 4.98. The van der Waals surface area contributed by atoms with E-state index in [9.17, 15) is 5.11 Å². The molecule has 2 rings (SSSR count). The number of hydrogen-bond acceptors (Lipinski definition) is 3. The molecule has 0 aromatic heterocycles. The maximum atomic E-state index is 9.94. The van der Waals surface area contributed by atoms with Gasteiger partial charge in [0.25, 0.3) is 0 Å². The highest BCUT2D eigenvalue weighted by Gasteiger charge is 2.23. The lowest BCUT2D eigenvalue weighted by Crippen LogP contribution is -2.10. The van der Waals surface area contributed by atoms with Gasteiger partial charge in [0.05, 0.1) is 20.3 Å². The largest absolute Gasteiger partial charge is 0.497 e. The van der Waals surface area contributed by atoms with Crippen molar-refractivity contribution < 1.29 is 14.6 Å². The van der Waals surface area contributed by atoms with Gasteiger partial charge in [0.2, 0.25) is 0 Å². The smallest absolute Gasteiger partial charge is 0.122 e. The molecule has 3 nitrogen and oxygen atoms in total. The minimum absolute atomic E-state index is 0.187. The highest BCUT2D eigenvalue weighted by Crippen LogP contribution is 2.38. The molecule has 0 aliphatic heterocycles. The Labute approximate surface area is 109 Å². The summed E-state index contributed by atoms with van der Waals surface area (Å²) in [5.41, 5.74) is 1.16. The lowest BCUT2D eigenvalue weighted by atomic mass is 9.90. The molecule has 0 saturated heterocycles. The van der Waals surface area contributed by atoms with E-state index in [1.807, 2.05) is 18.2 Å². The van der Waals surface area contributed by atoms with E-state index in [1.54, 1.807) is 14.2 Å². The van der Waals surface area contributed by atoms with Crippen LogP contribution >= 0.6 is 0 Å².